The van der Waals surface area contributed by atoms with E-state index in [-0.39, 0.29) is 0 Å². The molecule has 2 nitrogen and oxygen atoms in total. The van der Waals surface area contributed by atoms with Gasteiger partial charge in [0.2, 0.25) is 0 Å². The van der Waals surface area contributed by atoms with Crippen LogP contribution in [0.25, 0.3) is 0 Å². The summed E-state index contributed by atoms with van der Waals surface area (Å²) in [6, 6.07) is 21.1. The number of aliphatic hydroxyl groups excluding tert-OH is 2. The van der Waals surface area contributed by atoms with Crippen molar-refractivity contribution in [2.75, 3.05) is 14.2 Å². The van der Waals surface area contributed by atoms with Crippen molar-refractivity contribution in [2.45, 2.75) is 34.1 Å². The molecule has 0 bridgehead atoms. The average Bonchev–Trinajstić information content (AvgIpc) is 2.64. The molecule has 2 aromatic rings. The molecule has 2 rings (SSSR count). The van der Waals surface area contributed by atoms with Gasteiger partial charge in [0, 0.05) is 14.2 Å². The Balaban J connectivity index is -0.000000353. The van der Waals surface area contributed by atoms with Gasteiger partial charge < -0.3 is 10.2 Å². The van der Waals surface area contributed by atoms with E-state index in [1.54, 1.807) is 0 Å². The Morgan fingerprint density at radius 2 is 0.762 bits per heavy atom. The van der Waals surface area contributed by atoms with Crippen molar-refractivity contribution in [3.8, 4) is 0 Å². The summed E-state index contributed by atoms with van der Waals surface area (Å²) < 4.78 is 0. The first-order valence-electron chi connectivity index (χ1n) is 7.42. The van der Waals surface area contributed by atoms with Crippen LogP contribution in [0.15, 0.2) is 60.7 Å². The number of benzene rings is 2. The van der Waals surface area contributed by atoms with Crippen molar-refractivity contribution in [2.24, 2.45) is 0 Å². The Morgan fingerprint density at radius 1 is 0.524 bits per heavy atom. The molecule has 0 aliphatic carbocycles. The molecule has 0 aliphatic rings. The van der Waals surface area contributed by atoms with Gasteiger partial charge in [0.1, 0.15) is 0 Å². The molecule has 0 aromatic heterocycles. The van der Waals surface area contributed by atoms with Crippen LogP contribution >= 0.6 is 0 Å². The SMILES string of the molecule is CC.CC.CO.CO.c1ccc(Cc2ccccc2)cc1. The monoisotopic (exact) mass is 292 g/mol. The van der Waals surface area contributed by atoms with E-state index in [0.29, 0.717) is 0 Å². The number of rotatable bonds is 2. The minimum Gasteiger partial charge on any atom is -0.400 e. The van der Waals surface area contributed by atoms with Gasteiger partial charge in [0.15, 0.2) is 0 Å². The first-order valence-corrected chi connectivity index (χ1v) is 7.42. The molecule has 2 aromatic carbocycles. The van der Waals surface area contributed by atoms with Crippen LogP contribution in [0.3, 0.4) is 0 Å². The Labute approximate surface area is 131 Å². The summed E-state index contributed by atoms with van der Waals surface area (Å²) in [5.41, 5.74) is 2.74. The maximum absolute atomic E-state index is 7.00. The fourth-order valence-corrected chi connectivity index (χ4v) is 1.43. The lowest BCUT2D eigenvalue weighted by Gasteiger charge is -2.00. The molecule has 0 fully saturated rings. The van der Waals surface area contributed by atoms with Crippen LogP contribution in [-0.2, 0) is 6.42 Å². The zero-order valence-electron chi connectivity index (χ0n) is 14.4. The van der Waals surface area contributed by atoms with E-state index in [9.17, 15) is 0 Å². The van der Waals surface area contributed by atoms with Crippen LogP contribution in [0.4, 0.5) is 0 Å². The largest absolute Gasteiger partial charge is 0.400 e. The molecule has 0 atom stereocenters. The van der Waals surface area contributed by atoms with Crippen LogP contribution in [0, 0.1) is 0 Å². The molecular weight excluding hydrogens is 260 g/mol. The topological polar surface area (TPSA) is 40.5 Å². The first kappa shape index (κ1) is 24.4. The van der Waals surface area contributed by atoms with Gasteiger partial charge in [-0.25, -0.2) is 0 Å². The van der Waals surface area contributed by atoms with Crippen molar-refractivity contribution < 1.29 is 10.2 Å². The van der Waals surface area contributed by atoms with Crippen molar-refractivity contribution in [3.05, 3.63) is 71.8 Å². The van der Waals surface area contributed by atoms with Gasteiger partial charge in [-0.15, -0.1) is 0 Å². The highest BCUT2D eigenvalue weighted by molar-refractivity contribution is 5.25. The maximum Gasteiger partial charge on any atom is 0.0319 e. The van der Waals surface area contributed by atoms with Crippen molar-refractivity contribution in [1.82, 2.24) is 0 Å². The molecule has 2 N–H and O–H groups in total. The highest BCUT2D eigenvalue weighted by Crippen LogP contribution is 2.07. The van der Waals surface area contributed by atoms with Gasteiger partial charge >= 0.3 is 0 Å². The quantitative estimate of drug-likeness (QED) is 0.852. The summed E-state index contributed by atoms with van der Waals surface area (Å²) in [4.78, 5) is 0. The van der Waals surface area contributed by atoms with Crippen LogP contribution in [-0.4, -0.2) is 24.4 Å². The average molecular weight is 292 g/mol. The van der Waals surface area contributed by atoms with Crippen LogP contribution < -0.4 is 0 Å². The van der Waals surface area contributed by atoms with E-state index in [2.05, 4.69) is 60.7 Å². The second kappa shape index (κ2) is 23.5. The van der Waals surface area contributed by atoms with E-state index < -0.39 is 0 Å². The predicted molar refractivity (Wildman–Crippen MR) is 94.7 cm³/mol. The molecule has 0 amide bonds. The van der Waals surface area contributed by atoms with E-state index >= 15 is 0 Å². The summed E-state index contributed by atoms with van der Waals surface area (Å²) in [7, 11) is 2.00. The normalized spacial score (nSPS) is 7.24. The van der Waals surface area contributed by atoms with E-state index in [0.717, 1.165) is 20.6 Å². The minimum atomic E-state index is 1.00. The highest BCUT2D eigenvalue weighted by Gasteiger charge is 1.92. The van der Waals surface area contributed by atoms with Gasteiger partial charge in [-0.3, -0.25) is 0 Å². The third-order valence-electron chi connectivity index (χ3n) is 2.09. The summed E-state index contributed by atoms with van der Waals surface area (Å²) in [6.07, 6.45) is 1.03. The molecule has 0 unspecified atom stereocenters. The summed E-state index contributed by atoms with van der Waals surface area (Å²) in [5.74, 6) is 0. The third-order valence-corrected chi connectivity index (χ3v) is 2.09. The van der Waals surface area contributed by atoms with E-state index in [1.165, 1.54) is 11.1 Å². The standard InChI is InChI=1S/C13H12.2C2H6.2CH4O/c1-3-7-12(8-4-1)11-13-9-5-2-6-10-13;4*1-2/h1-10H,11H2;2*1-2H3;2*2H,1H3. The number of hydrogen-bond donors (Lipinski definition) is 2. The summed E-state index contributed by atoms with van der Waals surface area (Å²) >= 11 is 0. The zero-order chi connectivity index (χ0) is 16.9. The van der Waals surface area contributed by atoms with Gasteiger partial charge in [-0.1, -0.05) is 88.4 Å². The molecule has 0 saturated heterocycles. The van der Waals surface area contributed by atoms with Gasteiger partial charge in [0.05, 0.1) is 0 Å². The minimum absolute atomic E-state index is 1.00. The Hall–Kier alpha value is -1.64. The van der Waals surface area contributed by atoms with Gasteiger partial charge in [-0.2, -0.15) is 0 Å². The van der Waals surface area contributed by atoms with Crippen LogP contribution in [0.5, 0.6) is 0 Å². The molecule has 120 valence electrons. The van der Waals surface area contributed by atoms with Gasteiger partial charge in [-0.05, 0) is 17.5 Å². The van der Waals surface area contributed by atoms with E-state index in [4.69, 9.17) is 10.2 Å². The summed E-state index contributed by atoms with van der Waals surface area (Å²) in [5, 5.41) is 14.0. The van der Waals surface area contributed by atoms with Crippen LogP contribution in [0.1, 0.15) is 38.8 Å². The lowest BCUT2D eigenvalue weighted by atomic mass is 10.1. The van der Waals surface area contributed by atoms with E-state index in [1.807, 2.05) is 27.7 Å². The number of aliphatic hydroxyl groups is 2. The second-order valence-corrected chi connectivity index (χ2v) is 3.15. The third kappa shape index (κ3) is 14.6. The first-order chi connectivity index (χ1) is 10.4. The molecular formula is C19H32O2. The molecule has 0 saturated carbocycles. The summed E-state index contributed by atoms with van der Waals surface area (Å²) in [6.45, 7) is 8.00. The molecule has 0 aliphatic heterocycles. The number of hydrogen-bond acceptors (Lipinski definition) is 2. The lowest BCUT2D eigenvalue weighted by Crippen LogP contribution is -1.85. The molecule has 0 spiro atoms. The molecule has 0 radical (unpaired) electrons. The van der Waals surface area contributed by atoms with Gasteiger partial charge in [0.25, 0.3) is 0 Å². The molecule has 0 heterocycles. The lowest BCUT2D eigenvalue weighted by molar-refractivity contribution is 0.399. The Morgan fingerprint density at radius 3 is 1.00 bits per heavy atom. The van der Waals surface area contributed by atoms with Crippen LogP contribution in [0.2, 0.25) is 0 Å². The Bertz CT molecular complexity index is 320. The maximum atomic E-state index is 7.00. The van der Waals surface area contributed by atoms with Crippen molar-refractivity contribution in [3.63, 3.8) is 0 Å². The Kier molecular flexibility index (Phi) is 27.2. The predicted octanol–water partition coefficient (Wildman–Crippen LogP) is 4.55. The fourth-order valence-electron chi connectivity index (χ4n) is 1.43. The smallest absolute Gasteiger partial charge is 0.0319 e. The highest BCUT2D eigenvalue weighted by atomic mass is 16.2. The second-order valence-electron chi connectivity index (χ2n) is 3.15. The van der Waals surface area contributed by atoms with Crippen molar-refractivity contribution >= 4 is 0 Å². The molecule has 21 heavy (non-hydrogen) atoms. The molecule has 2 heteroatoms. The fraction of sp³-hybridized carbons (Fsp3) is 0.368. The zero-order valence-corrected chi connectivity index (χ0v) is 14.4. The van der Waals surface area contributed by atoms with Crippen molar-refractivity contribution in [1.29, 1.82) is 0 Å².